The van der Waals surface area contributed by atoms with Crippen LogP contribution in [0.15, 0.2) is 107 Å². The van der Waals surface area contributed by atoms with Crippen molar-refractivity contribution in [3.05, 3.63) is 108 Å². The molecule has 4 rings (SSSR count). The zero-order valence-corrected chi connectivity index (χ0v) is 18.9. The van der Waals surface area contributed by atoms with Gasteiger partial charge >= 0.3 is 0 Å². The molecule has 0 radical (unpaired) electrons. The second-order valence-electron chi connectivity index (χ2n) is 7.47. The number of nitrogens with zero attached hydrogens (tertiary/aromatic N) is 2. The summed E-state index contributed by atoms with van der Waals surface area (Å²) in [5.74, 6) is -0.547. The highest BCUT2D eigenvalue weighted by Gasteiger charge is 2.27. The fourth-order valence-corrected chi connectivity index (χ4v) is 5.07. The van der Waals surface area contributed by atoms with Gasteiger partial charge in [0.15, 0.2) is 0 Å². The Hall–Kier alpha value is -3.97. The van der Waals surface area contributed by atoms with Crippen molar-refractivity contribution in [2.24, 2.45) is 5.10 Å². The third-order valence-corrected chi connectivity index (χ3v) is 6.99. The lowest BCUT2D eigenvalue weighted by Gasteiger charge is -2.25. The Bertz CT molecular complexity index is 1410. The van der Waals surface area contributed by atoms with Crippen LogP contribution >= 0.6 is 0 Å². The van der Waals surface area contributed by atoms with Crippen molar-refractivity contribution in [3.63, 3.8) is 0 Å². The number of aryl methyl sites for hydroxylation is 1. The molecule has 1 amide bonds. The van der Waals surface area contributed by atoms with Gasteiger partial charge in [-0.1, -0.05) is 78.9 Å². The minimum absolute atomic E-state index is 0.111. The summed E-state index contributed by atoms with van der Waals surface area (Å²) >= 11 is 0. The number of rotatable bonds is 7. The van der Waals surface area contributed by atoms with Crippen molar-refractivity contribution < 1.29 is 13.2 Å². The average Bonchev–Trinajstić information content (AvgIpc) is 2.84. The van der Waals surface area contributed by atoms with E-state index >= 15 is 0 Å². The van der Waals surface area contributed by atoms with Crippen LogP contribution in [-0.4, -0.2) is 27.1 Å². The van der Waals surface area contributed by atoms with Gasteiger partial charge in [-0.05, 0) is 41.5 Å². The number of amides is 1. The molecule has 33 heavy (non-hydrogen) atoms. The molecule has 0 unspecified atom stereocenters. The van der Waals surface area contributed by atoms with Crippen LogP contribution < -0.4 is 9.73 Å². The van der Waals surface area contributed by atoms with Gasteiger partial charge < -0.3 is 0 Å². The molecule has 0 bridgehead atoms. The van der Waals surface area contributed by atoms with Crippen LogP contribution in [0.1, 0.15) is 11.1 Å². The first-order valence-corrected chi connectivity index (χ1v) is 11.8. The summed E-state index contributed by atoms with van der Waals surface area (Å²) in [6.45, 7) is 1.40. The summed E-state index contributed by atoms with van der Waals surface area (Å²) in [4.78, 5) is 12.9. The fraction of sp³-hybridized carbons (Fsp3) is 0.0769. The molecule has 0 fully saturated rings. The van der Waals surface area contributed by atoms with Gasteiger partial charge in [0, 0.05) is 5.56 Å². The first kappa shape index (κ1) is 22.2. The lowest BCUT2D eigenvalue weighted by Crippen LogP contribution is -2.40. The SMILES string of the molecule is Cc1ccccc1N(CC(=O)N/N=C\c1cccc2ccccc12)S(=O)(=O)c1ccccc1. The number of carbonyl (C=O) groups is 1. The quantitative estimate of drug-likeness (QED) is 0.328. The standard InChI is InChI=1S/C26H23N3O3S/c1-20-10-5-8-17-25(20)29(33(31,32)23-14-3-2-4-15-23)19-26(30)28-27-18-22-13-9-12-21-11-6-7-16-24(21)22/h2-18H,19H2,1H3,(H,28,30)/b27-18-. The number of hydrogen-bond acceptors (Lipinski definition) is 4. The van der Waals surface area contributed by atoms with E-state index in [0.717, 1.165) is 26.2 Å². The van der Waals surface area contributed by atoms with Crippen LogP contribution in [0.25, 0.3) is 10.8 Å². The van der Waals surface area contributed by atoms with Gasteiger partial charge in [-0.25, -0.2) is 13.8 Å². The monoisotopic (exact) mass is 457 g/mol. The Morgan fingerprint density at radius 1 is 0.879 bits per heavy atom. The molecule has 0 aromatic heterocycles. The van der Waals surface area contributed by atoms with Gasteiger partial charge in [0.1, 0.15) is 6.54 Å². The molecular weight excluding hydrogens is 434 g/mol. The highest BCUT2D eigenvalue weighted by molar-refractivity contribution is 7.92. The molecule has 0 saturated heterocycles. The average molecular weight is 458 g/mol. The van der Waals surface area contributed by atoms with E-state index in [-0.39, 0.29) is 4.90 Å². The van der Waals surface area contributed by atoms with Crippen LogP contribution in [0, 0.1) is 6.92 Å². The minimum atomic E-state index is -3.96. The van der Waals surface area contributed by atoms with E-state index in [1.165, 1.54) is 12.1 Å². The molecule has 0 atom stereocenters. The smallest absolute Gasteiger partial charge is 0.264 e. The van der Waals surface area contributed by atoms with E-state index in [0.29, 0.717) is 5.69 Å². The van der Waals surface area contributed by atoms with Crippen molar-refractivity contribution in [3.8, 4) is 0 Å². The lowest BCUT2D eigenvalue weighted by atomic mass is 10.1. The molecule has 0 aliphatic rings. The van der Waals surface area contributed by atoms with E-state index < -0.39 is 22.5 Å². The maximum absolute atomic E-state index is 13.4. The molecular formula is C26H23N3O3S. The highest BCUT2D eigenvalue weighted by Crippen LogP contribution is 2.26. The van der Waals surface area contributed by atoms with E-state index in [1.807, 2.05) is 48.5 Å². The normalized spacial score (nSPS) is 11.5. The van der Waals surface area contributed by atoms with Crippen LogP contribution in [0.2, 0.25) is 0 Å². The summed E-state index contributed by atoms with van der Waals surface area (Å²) in [6, 6.07) is 28.8. The van der Waals surface area contributed by atoms with Crippen molar-refractivity contribution in [2.75, 3.05) is 10.8 Å². The Balaban J connectivity index is 1.58. The molecule has 0 spiro atoms. The molecule has 0 aliphatic heterocycles. The Morgan fingerprint density at radius 3 is 2.33 bits per heavy atom. The fourth-order valence-electron chi connectivity index (χ4n) is 3.57. The van der Waals surface area contributed by atoms with Gasteiger partial charge in [-0.15, -0.1) is 0 Å². The van der Waals surface area contributed by atoms with Crippen LogP contribution in [-0.2, 0) is 14.8 Å². The Labute approximate surface area is 193 Å². The number of sulfonamides is 1. The van der Waals surface area contributed by atoms with Crippen LogP contribution in [0.3, 0.4) is 0 Å². The largest absolute Gasteiger partial charge is 0.271 e. The number of carbonyl (C=O) groups excluding carboxylic acids is 1. The number of anilines is 1. The van der Waals surface area contributed by atoms with Crippen LogP contribution in [0.4, 0.5) is 5.69 Å². The molecule has 4 aromatic rings. The molecule has 0 saturated carbocycles. The lowest BCUT2D eigenvalue weighted by molar-refractivity contribution is -0.119. The van der Waals surface area contributed by atoms with E-state index in [2.05, 4.69) is 10.5 Å². The van der Waals surface area contributed by atoms with E-state index in [9.17, 15) is 13.2 Å². The Kier molecular flexibility index (Phi) is 6.51. The topological polar surface area (TPSA) is 78.8 Å². The summed E-state index contributed by atoms with van der Waals surface area (Å²) < 4.78 is 27.9. The molecule has 4 aromatic carbocycles. The highest BCUT2D eigenvalue weighted by atomic mass is 32.2. The molecule has 0 heterocycles. The molecule has 6 nitrogen and oxygen atoms in total. The van der Waals surface area contributed by atoms with Crippen molar-refractivity contribution in [1.29, 1.82) is 0 Å². The van der Waals surface area contributed by atoms with Crippen molar-refractivity contribution in [1.82, 2.24) is 5.43 Å². The minimum Gasteiger partial charge on any atom is -0.271 e. The zero-order chi connectivity index (χ0) is 23.3. The second kappa shape index (κ2) is 9.67. The van der Waals surface area contributed by atoms with E-state index in [1.54, 1.807) is 49.5 Å². The first-order chi connectivity index (χ1) is 16.0. The van der Waals surface area contributed by atoms with Gasteiger partial charge in [0.2, 0.25) is 0 Å². The van der Waals surface area contributed by atoms with Crippen molar-refractivity contribution in [2.45, 2.75) is 11.8 Å². The molecule has 0 aliphatic carbocycles. The van der Waals surface area contributed by atoms with Crippen molar-refractivity contribution >= 4 is 38.6 Å². The number of benzene rings is 4. The summed E-state index contributed by atoms with van der Waals surface area (Å²) in [5, 5.41) is 6.14. The zero-order valence-electron chi connectivity index (χ0n) is 18.0. The first-order valence-electron chi connectivity index (χ1n) is 10.4. The van der Waals surface area contributed by atoms with E-state index in [4.69, 9.17) is 0 Å². The second-order valence-corrected chi connectivity index (χ2v) is 9.34. The van der Waals surface area contributed by atoms with Crippen LogP contribution in [0.5, 0.6) is 0 Å². The summed E-state index contributed by atoms with van der Waals surface area (Å²) in [5.41, 5.74) is 4.49. The summed E-state index contributed by atoms with van der Waals surface area (Å²) in [6.07, 6.45) is 1.56. The number of hydrazone groups is 1. The number of para-hydroxylation sites is 1. The maximum atomic E-state index is 13.4. The predicted octanol–water partition coefficient (Wildman–Crippen LogP) is 4.49. The molecule has 1 N–H and O–H groups in total. The van der Waals surface area contributed by atoms with Gasteiger partial charge in [0.25, 0.3) is 15.9 Å². The van der Waals surface area contributed by atoms with Gasteiger partial charge in [-0.3, -0.25) is 9.10 Å². The third-order valence-electron chi connectivity index (χ3n) is 5.22. The third kappa shape index (κ3) is 4.94. The number of fused-ring (bicyclic) bond motifs is 1. The Morgan fingerprint density at radius 2 is 1.55 bits per heavy atom. The molecule has 7 heteroatoms. The summed E-state index contributed by atoms with van der Waals surface area (Å²) in [7, 11) is -3.96. The number of hydrogen-bond donors (Lipinski definition) is 1. The van der Waals surface area contributed by atoms with Gasteiger partial charge in [0.05, 0.1) is 16.8 Å². The number of nitrogens with one attached hydrogen (secondary N) is 1. The van der Waals surface area contributed by atoms with Gasteiger partial charge in [-0.2, -0.15) is 5.10 Å². The maximum Gasteiger partial charge on any atom is 0.264 e. The molecule has 166 valence electrons. The predicted molar refractivity (Wildman–Crippen MR) is 132 cm³/mol.